The summed E-state index contributed by atoms with van der Waals surface area (Å²) >= 11 is 7.62. The van der Waals surface area contributed by atoms with Gasteiger partial charge in [-0.3, -0.25) is 4.99 Å². The van der Waals surface area contributed by atoms with E-state index in [1.165, 1.54) is 25.0 Å². The van der Waals surface area contributed by atoms with Gasteiger partial charge in [0, 0.05) is 16.8 Å². The van der Waals surface area contributed by atoms with E-state index in [4.69, 9.17) is 12.2 Å². The molecule has 0 bridgehead atoms. The molecule has 64 valence electrons. The standard InChI is InChI=1S/C9H10INS/c10-8-7(12)4-5-11-9(8)6-2-1-3-6/h4-6,8H,1-3H2. The molecule has 3 heteroatoms. The highest BCUT2D eigenvalue weighted by atomic mass is 127. The van der Waals surface area contributed by atoms with E-state index in [0.29, 0.717) is 3.92 Å². The van der Waals surface area contributed by atoms with E-state index in [9.17, 15) is 0 Å². The van der Waals surface area contributed by atoms with E-state index in [2.05, 4.69) is 27.6 Å². The van der Waals surface area contributed by atoms with Crippen molar-refractivity contribution in [1.29, 1.82) is 0 Å². The SMILES string of the molecule is S=C1C=CN=C(C2CCC2)C1I. The van der Waals surface area contributed by atoms with E-state index < -0.39 is 0 Å². The molecule has 0 spiro atoms. The van der Waals surface area contributed by atoms with Crippen LogP contribution in [0, 0.1) is 5.92 Å². The molecule has 0 radical (unpaired) electrons. The molecule has 1 heterocycles. The van der Waals surface area contributed by atoms with Crippen molar-refractivity contribution in [3.63, 3.8) is 0 Å². The second kappa shape index (κ2) is 3.54. The van der Waals surface area contributed by atoms with Crippen molar-refractivity contribution in [3.8, 4) is 0 Å². The van der Waals surface area contributed by atoms with Crippen LogP contribution in [0.4, 0.5) is 0 Å². The zero-order valence-corrected chi connectivity index (χ0v) is 9.64. The fraction of sp³-hybridized carbons (Fsp3) is 0.556. The van der Waals surface area contributed by atoms with Crippen LogP contribution in [0.1, 0.15) is 19.3 Å². The number of hydrogen-bond donors (Lipinski definition) is 0. The molecule has 1 saturated carbocycles. The van der Waals surface area contributed by atoms with Gasteiger partial charge in [0.25, 0.3) is 0 Å². The summed E-state index contributed by atoms with van der Waals surface area (Å²) in [6.07, 6.45) is 7.78. The Labute approximate surface area is 91.5 Å². The first kappa shape index (κ1) is 8.81. The van der Waals surface area contributed by atoms with Crippen molar-refractivity contribution in [3.05, 3.63) is 12.3 Å². The largest absolute Gasteiger partial charge is 0.264 e. The van der Waals surface area contributed by atoms with Gasteiger partial charge < -0.3 is 0 Å². The molecule has 12 heavy (non-hydrogen) atoms. The Bertz CT molecular complexity index is 266. The van der Waals surface area contributed by atoms with Crippen molar-refractivity contribution in [2.24, 2.45) is 10.9 Å². The summed E-state index contributed by atoms with van der Waals surface area (Å²) < 4.78 is 0.382. The van der Waals surface area contributed by atoms with Gasteiger partial charge in [0.15, 0.2) is 0 Å². The Kier molecular flexibility index (Phi) is 2.60. The smallest absolute Gasteiger partial charge is 0.0846 e. The number of hydrogen-bond acceptors (Lipinski definition) is 2. The van der Waals surface area contributed by atoms with Crippen molar-refractivity contribution in [1.82, 2.24) is 0 Å². The van der Waals surface area contributed by atoms with Crippen LogP contribution < -0.4 is 0 Å². The molecule has 1 unspecified atom stereocenters. The molecule has 1 atom stereocenters. The van der Waals surface area contributed by atoms with Crippen LogP contribution in [0.3, 0.4) is 0 Å². The van der Waals surface area contributed by atoms with Crippen LogP contribution in [0.15, 0.2) is 17.3 Å². The number of aliphatic imine (C=N–C) groups is 1. The van der Waals surface area contributed by atoms with Crippen LogP contribution in [0.5, 0.6) is 0 Å². The summed E-state index contributed by atoms with van der Waals surface area (Å²) in [6, 6.07) is 0. The van der Waals surface area contributed by atoms with Crippen molar-refractivity contribution >= 4 is 45.4 Å². The lowest BCUT2D eigenvalue weighted by molar-refractivity contribution is 0.411. The molecule has 0 saturated heterocycles. The molecule has 0 amide bonds. The molecule has 1 fully saturated rings. The number of alkyl halides is 1. The first-order chi connectivity index (χ1) is 5.79. The third-order valence-corrected chi connectivity index (χ3v) is 4.60. The highest BCUT2D eigenvalue weighted by Gasteiger charge is 2.30. The number of halogens is 1. The van der Waals surface area contributed by atoms with Crippen LogP contribution >= 0.6 is 34.8 Å². The molecule has 0 aromatic heterocycles. The van der Waals surface area contributed by atoms with E-state index in [0.717, 1.165) is 10.8 Å². The molecule has 1 aliphatic carbocycles. The summed E-state index contributed by atoms with van der Waals surface area (Å²) in [5.41, 5.74) is 1.31. The molecule has 0 N–H and O–H groups in total. The van der Waals surface area contributed by atoms with Gasteiger partial charge in [-0.1, -0.05) is 41.2 Å². The van der Waals surface area contributed by atoms with Crippen molar-refractivity contribution in [2.45, 2.75) is 23.2 Å². The second-order valence-corrected chi connectivity index (χ2v) is 4.98. The predicted octanol–water partition coefficient (Wildman–Crippen LogP) is 2.93. The fourth-order valence-electron chi connectivity index (χ4n) is 1.51. The lowest BCUT2D eigenvalue weighted by Gasteiger charge is -2.30. The van der Waals surface area contributed by atoms with Crippen molar-refractivity contribution in [2.75, 3.05) is 0 Å². The van der Waals surface area contributed by atoms with E-state index in [1.54, 1.807) is 0 Å². The molecule has 1 nitrogen and oxygen atoms in total. The third kappa shape index (κ3) is 1.48. The number of rotatable bonds is 1. The highest BCUT2D eigenvalue weighted by molar-refractivity contribution is 14.1. The van der Waals surface area contributed by atoms with Gasteiger partial charge in [-0.15, -0.1) is 0 Å². The van der Waals surface area contributed by atoms with Gasteiger partial charge in [-0.05, 0) is 24.8 Å². The van der Waals surface area contributed by atoms with Gasteiger partial charge in [-0.25, -0.2) is 0 Å². The highest BCUT2D eigenvalue weighted by Crippen LogP contribution is 2.32. The maximum absolute atomic E-state index is 5.22. The van der Waals surface area contributed by atoms with E-state index in [-0.39, 0.29) is 0 Å². The third-order valence-electron chi connectivity index (χ3n) is 2.50. The van der Waals surface area contributed by atoms with Gasteiger partial charge >= 0.3 is 0 Å². The average Bonchev–Trinajstić information content (AvgIpc) is 1.95. The Morgan fingerprint density at radius 2 is 2.25 bits per heavy atom. The van der Waals surface area contributed by atoms with Crippen LogP contribution in [-0.4, -0.2) is 14.5 Å². The summed E-state index contributed by atoms with van der Waals surface area (Å²) in [6.45, 7) is 0. The van der Waals surface area contributed by atoms with Gasteiger partial charge in [-0.2, -0.15) is 0 Å². The molecule has 1 aliphatic heterocycles. The van der Waals surface area contributed by atoms with Gasteiger partial charge in [0.2, 0.25) is 0 Å². The molecule has 0 aromatic rings. The molecular formula is C9H10INS. The van der Waals surface area contributed by atoms with Crippen LogP contribution in [0.25, 0.3) is 0 Å². The zero-order chi connectivity index (χ0) is 8.55. The monoisotopic (exact) mass is 291 g/mol. The molecular weight excluding hydrogens is 281 g/mol. The predicted molar refractivity (Wildman–Crippen MR) is 64.3 cm³/mol. The Morgan fingerprint density at radius 1 is 1.50 bits per heavy atom. The minimum atomic E-state index is 0.382. The van der Waals surface area contributed by atoms with E-state index in [1.807, 2.05) is 12.3 Å². The number of nitrogens with zero attached hydrogens (tertiary/aromatic N) is 1. The van der Waals surface area contributed by atoms with Gasteiger partial charge in [0.1, 0.15) is 0 Å². The van der Waals surface area contributed by atoms with Gasteiger partial charge in [0.05, 0.1) is 3.92 Å². The summed E-state index contributed by atoms with van der Waals surface area (Å²) in [4.78, 5) is 5.46. The second-order valence-electron chi connectivity index (χ2n) is 3.26. The fourth-order valence-corrected chi connectivity index (χ4v) is 2.57. The van der Waals surface area contributed by atoms with Crippen LogP contribution in [0.2, 0.25) is 0 Å². The maximum atomic E-state index is 5.22. The first-order valence-electron chi connectivity index (χ1n) is 4.21. The molecule has 2 rings (SSSR count). The number of allylic oxidation sites excluding steroid dienone is 1. The van der Waals surface area contributed by atoms with Crippen molar-refractivity contribution < 1.29 is 0 Å². The zero-order valence-electron chi connectivity index (χ0n) is 6.66. The van der Waals surface area contributed by atoms with E-state index >= 15 is 0 Å². The topological polar surface area (TPSA) is 12.4 Å². The summed E-state index contributed by atoms with van der Waals surface area (Å²) in [5, 5.41) is 0. The Hall–Kier alpha value is 0.230. The normalized spacial score (nSPS) is 29.9. The van der Waals surface area contributed by atoms with Crippen LogP contribution in [-0.2, 0) is 0 Å². The summed E-state index contributed by atoms with van der Waals surface area (Å²) in [7, 11) is 0. The minimum absolute atomic E-state index is 0.382. The number of thiocarbonyl (C=S) groups is 1. The minimum Gasteiger partial charge on any atom is -0.264 e. The Morgan fingerprint density at radius 3 is 2.83 bits per heavy atom. The lowest BCUT2D eigenvalue weighted by atomic mass is 9.80. The Balaban J connectivity index is 2.17. The lowest BCUT2D eigenvalue weighted by Crippen LogP contribution is -2.33. The summed E-state index contributed by atoms with van der Waals surface area (Å²) in [5.74, 6) is 0.731. The maximum Gasteiger partial charge on any atom is 0.0846 e. The molecule has 0 aromatic carbocycles. The average molecular weight is 291 g/mol. The quantitative estimate of drug-likeness (QED) is 0.411. The first-order valence-corrected chi connectivity index (χ1v) is 5.86. The molecule has 2 aliphatic rings.